The van der Waals surface area contributed by atoms with Crippen molar-refractivity contribution in [2.45, 2.75) is 6.42 Å². The van der Waals surface area contributed by atoms with E-state index in [4.69, 9.17) is 11.5 Å². The lowest BCUT2D eigenvalue weighted by Crippen LogP contribution is -2.18. The Bertz CT molecular complexity index is 456. The number of rotatable bonds is 3. The average Bonchev–Trinajstić information content (AvgIpc) is 2.15. The van der Waals surface area contributed by atoms with Crippen LogP contribution in [0.1, 0.15) is 5.56 Å². The molecule has 0 heterocycles. The van der Waals surface area contributed by atoms with Crippen LogP contribution in [0.25, 0.3) is 0 Å². The van der Waals surface area contributed by atoms with Gasteiger partial charge in [0.15, 0.2) is 5.82 Å². The van der Waals surface area contributed by atoms with Crippen molar-refractivity contribution in [2.24, 2.45) is 11.5 Å². The van der Waals surface area contributed by atoms with E-state index < -0.39 is 28.1 Å². The van der Waals surface area contributed by atoms with Crippen molar-refractivity contribution in [1.82, 2.24) is 0 Å². The fraction of sp³-hybridized carbons (Fsp3) is 0.111. The minimum atomic E-state index is -0.874. The Labute approximate surface area is 89.5 Å². The highest BCUT2D eigenvalue weighted by atomic mass is 19.1. The molecule has 0 aliphatic carbocycles. The summed E-state index contributed by atoms with van der Waals surface area (Å²) in [6.45, 7) is 0. The molecule has 0 saturated heterocycles. The summed E-state index contributed by atoms with van der Waals surface area (Å²) in [5.74, 6) is -2.12. The molecule has 4 N–H and O–H groups in total. The van der Waals surface area contributed by atoms with Crippen molar-refractivity contribution in [3.05, 3.63) is 57.0 Å². The van der Waals surface area contributed by atoms with Crippen molar-refractivity contribution in [3.8, 4) is 0 Å². The second-order valence-electron chi connectivity index (χ2n) is 3.07. The quantitative estimate of drug-likeness (QED) is 0.593. The van der Waals surface area contributed by atoms with Gasteiger partial charge < -0.3 is 11.5 Å². The van der Waals surface area contributed by atoms with Crippen LogP contribution in [0, 0.1) is 21.7 Å². The minimum absolute atomic E-state index is 0.0403. The van der Waals surface area contributed by atoms with Gasteiger partial charge in [0, 0.05) is 6.07 Å². The second kappa shape index (κ2) is 4.56. The third-order valence-electron chi connectivity index (χ3n) is 1.93. The van der Waals surface area contributed by atoms with E-state index in [2.05, 4.69) is 0 Å². The van der Waals surface area contributed by atoms with Gasteiger partial charge in [-0.15, -0.1) is 0 Å². The molecule has 0 aromatic heterocycles. The summed E-state index contributed by atoms with van der Waals surface area (Å²) in [7, 11) is 0. The molecule has 0 atom stereocenters. The number of hydrogen-bond acceptors (Lipinski definition) is 4. The summed E-state index contributed by atoms with van der Waals surface area (Å²) < 4.78 is 25.7. The second-order valence-corrected chi connectivity index (χ2v) is 3.07. The zero-order chi connectivity index (χ0) is 12.3. The monoisotopic (exact) mass is 229 g/mol. The normalized spacial score (nSPS) is 9.88. The molecule has 7 heteroatoms. The first-order chi connectivity index (χ1) is 7.41. The summed E-state index contributed by atoms with van der Waals surface area (Å²) in [6, 6.07) is 2.75. The first-order valence-corrected chi connectivity index (χ1v) is 4.24. The largest absolute Gasteiger partial charge is 0.380 e. The predicted octanol–water partition coefficient (Wildman–Crippen LogP) is 0.871. The highest BCUT2D eigenvalue weighted by Crippen LogP contribution is 2.14. The van der Waals surface area contributed by atoms with Crippen LogP contribution >= 0.6 is 0 Å². The molecule has 1 aromatic carbocycles. The summed E-state index contributed by atoms with van der Waals surface area (Å²) in [6.07, 6.45) is -0.387. The van der Waals surface area contributed by atoms with E-state index >= 15 is 0 Å². The van der Waals surface area contributed by atoms with E-state index in [9.17, 15) is 18.9 Å². The molecule has 16 heavy (non-hydrogen) atoms. The summed E-state index contributed by atoms with van der Waals surface area (Å²) in [4.78, 5) is 9.72. The summed E-state index contributed by atoms with van der Waals surface area (Å²) in [5.41, 5.74) is 9.62. The van der Waals surface area contributed by atoms with Crippen LogP contribution in [0.5, 0.6) is 0 Å². The maximum atomic E-state index is 13.2. The molecule has 0 unspecified atom stereocenters. The van der Waals surface area contributed by atoms with Gasteiger partial charge >= 0.3 is 0 Å². The van der Waals surface area contributed by atoms with E-state index in [0.29, 0.717) is 6.07 Å². The molecule has 1 aromatic rings. The lowest BCUT2D eigenvalue weighted by molar-refractivity contribution is -0.428. The Morgan fingerprint density at radius 3 is 2.44 bits per heavy atom. The molecule has 5 nitrogen and oxygen atoms in total. The molecular formula is C9H9F2N3O2. The van der Waals surface area contributed by atoms with Crippen LogP contribution in [0.3, 0.4) is 0 Å². The Hall–Kier alpha value is -2.18. The number of allylic oxidation sites excluding steroid dienone is 1. The smallest absolute Gasteiger partial charge is 0.289 e. The topological polar surface area (TPSA) is 95.2 Å². The van der Waals surface area contributed by atoms with Crippen LogP contribution in [0.15, 0.2) is 29.7 Å². The van der Waals surface area contributed by atoms with E-state index in [1.165, 1.54) is 0 Å². The molecule has 0 amide bonds. The molecule has 0 bridgehead atoms. The number of nitrogens with two attached hydrogens (primary N) is 2. The first kappa shape index (κ1) is 11.9. The lowest BCUT2D eigenvalue weighted by Gasteiger charge is -2.02. The van der Waals surface area contributed by atoms with Crippen molar-refractivity contribution < 1.29 is 13.7 Å². The zero-order valence-electron chi connectivity index (χ0n) is 8.11. The number of halogens is 2. The SMILES string of the molecule is NC(N)=C(Cc1ccc(F)cc1F)[N+](=O)[O-]. The summed E-state index contributed by atoms with van der Waals surface area (Å²) >= 11 is 0. The highest BCUT2D eigenvalue weighted by molar-refractivity contribution is 5.23. The average molecular weight is 229 g/mol. The third kappa shape index (κ3) is 2.66. The van der Waals surface area contributed by atoms with Crippen molar-refractivity contribution in [1.29, 1.82) is 0 Å². The molecule has 0 spiro atoms. The van der Waals surface area contributed by atoms with Crippen LogP contribution in [-0.2, 0) is 6.42 Å². The Kier molecular flexibility index (Phi) is 3.39. The third-order valence-corrected chi connectivity index (χ3v) is 1.93. The number of hydrogen-bond donors (Lipinski definition) is 2. The van der Waals surface area contributed by atoms with Crippen LogP contribution in [0.4, 0.5) is 8.78 Å². The number of benzene rings is 1. The molecule has 1 rings (SSSR count). The minimum Gasteiger partial charge on any atom is -0.380 e. The van der Waals surface area contributed by atoms with E-state index in [1.54, 1.807) is 0 Å². The van der Waals surface area contributed by atoms with Gasteiger partial charge in [-0.1, -0.05) is 6.07 Å². The van der Waals surface area contributed by atoms with E-state index in [1.807, 2.05) is 0 Å². The highest BCUT2D eigenvalue weighted by Gasteiger charge is 2.18. The maximum absolute atomic E-state index is 13.2. The predicted molar refractivity (Wildman–Crippen MR) is 52.5 cm³/mol. The van der Waals surface area contributed by atoms with Gasteiger partial charge in [0.25, 0.3) is 5.70 Å². The standard InChI is InChI=1S/C9H9F2N3O2/c10-6-2-1-5(7(11)4-6)3-8(9(12)13)14(15)16/h1-2,4H,3,12-13H2. The maximum Gasteiger partial charge on any atom is 0.289 e. The molecule has 86 valence electrons. The van der Waals surface area contributed by atoms with Gasteiger partial charge in [0.2, 0.25) is 0 Å². The van der Waals surface area contributed by atoms with Gasteiger partial charge in [-0.05, 0) is 11.6 Å². The van der Waals surface area contributed by atoms with Gasteiger partial charge in [-0.25, -0.2) is 8.78 Å². The molecule has 0 aliphatic rings. The van der Waals surface area contributed by atoms with Gasteiger partial charge in [0.05, 0.1) is 11.3 Å². The number of nitrogens with zero attached hydrogens (tertiary/aromatic N) is 1. The van der Waals surface area contributed by atoms with Crippen molar-refractivity contribution >= 4 is 0 Å². The van der Waals surface area contributed by atoms with Crippen molar-refractivity contribution in [2.75, 3.05) is 0 Å². The van der Waals surface area contributed by atoms with Gasteiger partial charge in [-0.3, -0.25) is 10.1 Å². The first-order valence-electron chi connectivity index (χ1n) is 4.24. The zero-order valence-corrected chi connectivity index (χ0v) is 8.11. The Balaban J connectivity index is 3.04. The Morgan fingerprint density at radius 2 is 2.00 bits per heavy atom. The molecule has 0 saturated carbocycles. The van der Waals surface area contributed by atoms with Crippen LogP contribution < -0.4 is 11.5 Å². The van der Waals surface area contributed by atoms with E-state index in [-0.39, 0.29) is 12.0 Å². The fourth-order valence-corrected chi connectivity index (χ4v) is 1.12. The molecule has 0 fully saturated rings. The number of nitro groups is 1. The molecule has 0 aliphatic heterocycles. The fourth-order valence-electron chi connectivity index (χ4n) is 1.12. The molecule has 0 radical (unpaired) electrons. The van der Waals surface area contributed by atoms with Gasteiger partial charge in [0.1, 0.15) is 11.6 Å². The Morgan fingerprint density at radius 1 is 1.38 bits per heavy atom. The van der Waals surface area contributed by atoms with Gasteiger partial charge in [-0.2, -0.15) is 0 Å². The summed E-state index contributed by atoms with van der Waals surface area (Å²) in [5, 5.41) is 10.5. The lowest BCUT2D eigenvalue weighted by atomic mass is 10.1. The van der Waals surface area contributed by atoms with Crippen LogP contribution in [-0.4, -0.2) is 4.92 Å². The van der Waals surface area contributed by atoms with E-state index in [0.717, 1.165) is 12.1 Å². The van der Waals surface area contributed by atoms with Crippen LogP contribution in [0.2, 0.25) is 0 Å². The van der Waals surface area contributed by atoms with Crippen molar-refractivity contribution in [3.63, 3.8) is 0 Å². The molecular weight excluding hydrogens is 220 g/mol.